The van der Waals surface area contributed by atoms with Gasteiger partial charge in [0.25, 0.3) is 5.91 Å². The molecule has 0 radical (unpaired) electrons. The van der Waals surface area contributed by atoms with Crippen molar-refractivity contribution in [3.8, 4) is 22.7 Å². The van der Waals surface area contributed by atoms with Crippen molar-refractivity contribution in [2.45, 2.75) is 0 Å². The molecule has 8 heteroatoms. The standard InChI is InChI=1S/C19H18Cl2N4O2/c1-24(2)23-19(26)16-18(27-3)17(12-8-10-13(20)11-9-12)25(22-16)15-7-5-4-6-14(15)21/h4-11H,1-3H3,(H,23,26). The van der Waals surface area contributed by atoms with E-state index in [2.05, 4.69) is 10.5 Å². The van der Waals surface area contributed by atoms with Crippen molar-refractivity contribution in [2.24, 2.45) is 0 Å². The maximum atomic E-state index is 12.6. The zero-order chi connectivity index (χ0) is 19.6. The molecule has 0 bridgehead atoms. The van der Waals surface area contributed by atoms with Crippen molar-refractivity contribution >= 4 is 29.1 Å². The lowest BCUT2D eigenvalue weighted by atomic mass is 10.1. The second kappa shape index (κ2) is 8.00. The highest BCUT2D eigenvalue weighted by Gasteiger charge is 2.27. The van der Waals surface area contributed by atoms with E-state index in [-0.39, 0.29) is 5.69 Å². The lowest BCUT2D eigenvalue weighted by Gasteiger charge is -2.11. The van der Waals surface area contributed by atoms with Crippen LogP contribution in [0.3, 0.4) is 0 Å². The van der Waals surface area contributed by atoms with Gasteiger partial charge in [-0.3, -0.25) is 10.2 Å². The predicted octanol–water partition coefficient (Wildman–Crippen LogP) is 4.06. The van der Waals surface area contributed by atoms with Gasteiger partial charge < -0.3 is 4.74 Å². The summed E-state index contributed by atoms with van der Waals surface area (Å²) in [4.78, 5) is 12.6. The third-order valence-corrected chi connectivity index (χ3v) is 4.36. The molecule has 0 aliphatic carbocycles. The summed E-state index contributed by atoms with van der Waals surface area (Å²) in [5.41, 5.74) is 4.85. The minimum Gasteiger partial charge on any atom is -0.492 e. The van der Waals surface area contributed by atoms with Crippen LogP contribution in [-0.2, 0) is 0 Å². The highest BCUT2D eigenvalue weighted by atomic mass is 35.5. The van der Waals surface area contributed by atoms with Crippen LogP contribution in [0.15, 0.2) is 48.5 Å². The Morgan fingerprint density at radius 1 is 1.11 bits per heavy atom. The summed E-state index contributed by atoms with van der Waals surface area (Å²) in [6, 6.07) is 14.5. The Kier molecular flexibility index (Phi) is 5.70. The van der Waals surface area contributed by atoms with Crippen LogP contribution in [0, 0.1) is 0 Å². The van der Waals surface area contributed by atoms with Crippen LogP contribution in [0.25, 0.3) is 16.9 Å². The van der Waals surface area contributed by atoms with Crippen LogP contribution in [0.4, 0.5) is 0 Å². The lowest BCUT2D eigenvalue weighted by molar-refractivity contribution is 0.0848. The van der Waals surface area contributed by atoms with E-state index in [9.17, 15) is 4.79 Å². The summed E-state index contributed by atoms with van der Waals surface area (Å²) in [5.74, 6) is -0.0468. The Morgan fingerprint density at radius 3 is 2.37 bits per heavy atom. The second-order valence-corrected chi connectivity index (χ2v) is 6.78. The fourth-order valence-electron chi connectivity index (χ4n) is 2.66. The normalized spacial score (nSPS) is 10.9. The fourth-order valence-corrected chi connectivity index (χ4v) is 3.00. The minimum absolute atomic E-state index is 0.149. The molecule has 0 saturated heterocycles. The summed E-state index contributed by atoms with van der Waals surface area (Å²) in [7, 11) is 4.94. The van der Waals surface area contributed by atoms with Gasteiger partial charge in [-0.05, 0) is 24.3 Å². The first-order valence-electron chi connectivity index (χ1n) is 8.08. The first kappa shape index (κ1) is 19.2. The van der Waals surface area contributed by atoms with Gasteiger partial charge in [-0.15, -0.1) is 0 Å². The van der Waals surface area contributed by atoms with Crippen molar-refractivity contribution in [3.63, 3.8) is 0 Å². The van der Waals surface area contributed by atoms with E-state index >= 15 is 0 Å². The summed E-state index contributed by atoms with van der Waals surface area (Å²) >= 11 is 12.4. The monoisotopic (exact) mass is 404 g/mol. The summed E-state index contributed by atoms with van der Waals surface area (Å²) in [5, 5.41) is 7.14. The van der Waals surface area contributed by atoms with Crippen molar-refractivity contribution < 1.29 is 9.53 Å². The molecule has 0 saturated carbocycles. The van der Waals surface area contributed by atoms with Gasteiger partial charge in [-0.1, -0.05) is 47.5 Å². The molecule has 1 aromatic heterocycles. The third-order valence-electron chi connectivity index (χ3n) is 3.78. The fraction of sp³-hybridized carbons (Fsp3) is 0.158. The van der Waals surface area contributed by atoms with Crippen molar-refractivity contribution in [3.05, 3.63) is 64.3 Å². The molecular weight excluding hydrogens is 387 g/mol. The number of ether oxygens (including phenoxy) is 1. The summed E-state index contributed by atoms with van der Waals surface area (Å²) in [6.45, 7) is 0. The lowest BCUT2D eigenvalue weighted by Crippen LogP contribution is -2.36. The highest BCUT2D eigenvalue weighted by molar-refractivity contribution is 6.32. The molecule has 6 nitrogen and oxygen atoms in total. The molecule has 140 valence electrons. The number of halogens is 2. The Labute approximate surface area is 167 Å². The largest absolute Gasteiger partial charge is 0.492 e. The topological polar surface area (TPSA) is 59.4 Å². The highest BCUT2D eigenvalue weighted by Crippen LogP contribution is 2.37. The van der Waals surface area contributed by atoms with Crippen LogP contribution >= 0.6 is 23.2 Å². The molecule has 0 fully saturated rings. The molecule has 1 heterocycles. The second-order valence-electron chi connectivity index (χ2n) is 5.94. The van der Waals surface area contributed by atoms with Gasteiger partial charge in [-0.2, -0.15) is 5.10 Å². The molecule has 0 atom stereocenters. The SMILES string of the molecule is COc1c(C(=O)NN(C)C)nn(-c2ccccc2Cl)c1-c1ccc(Cl)cc1. The molecule has 0 spiro atoms. The molecule has 1 amide bonds. The summed E-state index contributed by atoms with van der Waals surface area (Å²) < 4.78 is 7.17. The van der Waals surface area contributed by atoms with Crippen molar-refractivity contribution in [1.29, 1.82) is 0 Å². The molecule has 0 aliphatic heterocycles. The number of hydrogen-bond acceptors (Lipinski definition) is 4. The first-order valence-corrected chi connectivity index (χ1v) is 8.84. The van der Waals surface area contributed by atoms with Crippen molar-refractivity contribution in [1.82, 2.24) is 20.2 Å². The molecule has 27 heavy (non-hydrogen) atoms. The zero-order valence-electron chi connectivity index (χ0n) is 15.0. The third kappa shape index (κ3) is 3.93. The maximum Gasteiger partial charge on any atom is 0.289 e. The van der Waals surface area contributed by atoms with E-state index in [0.29, 0.717) is 27.2 Å². The number of carbonyl (C=O) groups excluding carboxylic acids is 1. The molecular formula is C19H18Cl2N4O2. The molecule has 2 aromatic carbocycles. The number of nitrogens with one attached hydrogen (secondary N) is 1. The van der Waals surface area contributed by atoms with Gasteiger partial charge in [0, 0.05) is 24.7 Å². The number of hydrogen-bond donors (Lipinski definition) is 1. The zero-order valence-corrected chi connectivity index (χ0v) is 16.5. The van der Waals surface area contributed by atoms with Gasteiger partial charge in [0.05, 0.1) is 17.8 Å². The quantitative estimate of drug-likeness (QED) is 0.651. The van der Waals surface area contributed by atoms with E-state index in [1.54, 1.807) is 37.0 Å². The van der Waals surface area contributed by atoms with Crippen LogP contribution in [0.2, 0.25) is 10.0 Å². The average molecular weight is 405 g/mol. The molecule has 0 aliphatic rings. The van der Waals surface area contributed by atoms with Gasteiger partial charge in [-0.25, -0.2) is 9.69 Å². The van der Waals surface area contributed by atoms with E-state index in [0.717, 1.165) is 5.56 Å². The van der Waals surface area contributed by atoms with E-state index in [1.807, 2.05) is 30.3 Å². The molecule has 1 N–H and O–H groups in total. The Balaban J connectivity index is 2.27. The number of hydrazine groups is 1. The number of benzene rings is 2. The molecule has 3 rings (SSSR count). The summed E-state index contributed by atoms with van der Waals surface area (Å²) in [6.07, 6.45) is 0. The first-order chi connectivity index (χ1) is 12.9. The average Bonchev–Trinajstić information content (AvgIpc) is 3.01. The number of rotatable bonds is 5. The number of methoxy groups -OCH3 is 1. The number of amides is 1. The predicted molar refractivity (Wildman–Crippen MR) is 107 cm³/mol. The van der Waals surface area contributed by atoms with Crippen LogP contribution < -0.4 is 10.2 Å². The maximum absolute atomic E-state index is 12.6. The van der Waals surface area contributed by atoms with Gasteiger partial charge in [0.1, 0.15) is 5.69 Å². The number of carbonyl (C=O) groups is 1. The smallest absolute Gasteiger partial charge is 0.289 e. The van der Waals surface area contributed by atoms with Gasteiger partial charge >= 0.3 is 0 Å². The van der Waals surface area contributed by atoms with E-state index < -0.39 is 5.91 Å². The van der Waals surface area contributed by atoms with Crippen molar-refractivity contribution in [2.75, 3.05) is 21.2 Å². The molecule has 3 aromatic rings. The van der Waals surface area contributed by atoms with E-state index in [4.69, 9.17) is 27.9 Å². The van der Waals surface area contributed by atoms with Gasteiger partial charge in [0.15, 0.2) is 11.4 Å². The minimum atomic E-state index is -0.391. The molecule has 0 unspecified atom stereocenters. The van der Waals surface area contributed by atoms with Gasteiger partial charge in [0.2, 0.25) is 0 Å². The van der Waals surface area contributed by atoms with Crippen LogP contribution in [0.5, 0.6) is 5.75 Å². The van der Waals surface area contributed by atoms with Crippen LogP contribution in [-0.4, -0.2) is 41.9 Å². The van der Waals surface area contributed by atoms with E-state index in [1.165, 1.54) is 12.1 Å². The Morgan fingerprint density at radius 2 is 1.78 bits per heavy atom. The Hall–Kier alpha value is -2.54. The number of aromatic nitrogens is 2. The number of nitrogens with zero attached hydrogens (tertiary/aromatic N) is 3. The van der Waals surface area contributed by atoms with Crippen LogP contribution in [0.1, 0.15) is 10.5 Å². The number of para-hydroxylation sites is 1. The Bertz CT molecular complexity index is 968.